The van der Waals surface area contributed by atoms with Crippen molar-refractivity contribution in [3.63, 3.8) is 0 Å². The van der Waals surface area contributed by atoms with E-state index in [1.807, 2.05) is 23.1 Å². The Bertz CT molecular complexity index is 764. The van der Waals surface area contributed by atoms with Gasteiger partial charge in [-0.05, 0) is 19.1 Å². The molecule has 1 N–H and O–H groups in total. The van der Waals surface area contributed by atoms with Crippen LogP contribution in [0, 0.1) is 0 Å². The zero-order valence-electron chi connectivity index (χ0n) is 14.6. The lowest BCUT2D eigenvalue weighted by atomic mass is 10.1. The van der Waals surface area contributed by atoms with Crippen LogP contribution in [0.3, 0.4) is 0 Å². The summed E-state index contributed by atoms with van der Waals surface area (Å²) in [6.07, 6.45) is 0.736. The molecule has 138 valence electrons. The SMILES string of the molecule is CCOC(=O)Nc1nc2c(s1)CN(C(=O)CCSc1ccccc1)CC2. The summed E-state index contributed by atoms with van der Waals surface area (Å²) in [5, 5.41) is 3.17. The number of carbonyl (C=O) groups excluding carboxylic acids is 2. The van der Waals surface area contributed by atoms with E-state index in [1.165, 1.54) is 16.2 Å². The number of hydrogen-bond donors (Lipinski definition) is 1. The molecule has 0 atom stereocenters. The first-order valence-electron chi connectivity index (χ1n) is 8.53. The Hall–Kier alpha value is -2.06. The van der Waals surface area contributed by atoms with Crippen molar-refractivity contribution in [2.45, 2.75) is 31.2 Å². The molecular weight excluding hydrogens is 370 g/mol. The number of ether oxygens (including phenoxy) is 1. The summed E-state index contributed by atoms with van der Waals surface area (Å²) >= 11 is 3.10. The molecule has 1 aliphatic rings. The normalized spacial score (nSPS) is 13.2. The molecule has 0 aliphatic carbocycles. The highest BCUT2D eigenvalue weighted by atomic mass is 32.2. The minimum Gasteiger partial charge on any atom is -0.450 e. The lowest BCUT2D eigenvalue weighted by Crippen LogP contribution is -2.35. The standard InChI is InChI=1S/C18H21N3O3S2/c1-2-24-18(23)20-17-19-14-8-10-21(12-15(14)26-17)16(22)9-11-25-13-6-4-3-5-7-13/h3-7H,2,8-12H2,1H3,(H,19,20,23). The minimum atomic E-state index is -0.496. The van der Waals surface area contributed by atoms with E-state index in [2.05, 4.69) is 22.4 Å². The molecule has 0 fully saturated rings. The molecule has 1 aromatic heterocycles. The smallest absolute Gasteiger partial charge is 0.413 e. The fourth-order valence-electron chi connectivity index (χ4n) is 2.65. The van der Waals surface area contributed by atoms with E-state index in [0.29, 0.717) is 37.7 Å². The number of thiazole rings is 1. The zero-order chi connectivity index (χ0) is 18.4. The predicted octanol–water partition coefficient (Wildman–Crippen LogP) is 3.78. The van der Waals surface area contributed by atoms with Crippen LogP contribution in [-0.2, 0) is 22.5 Å². The van der Waals surface area contributed by atoms with Gasteiger partial charge in [0.1, 0.15) is 0 Å². The van der Waals surface area contributed by atoms with E-state index >= 15 is 0 Å². The Morgan fingerprint density at radius 2 is 2.15 bits per heavy atom. The molecule has 26 heavy (non-hydrogen) atoms. The van der Waals surface area contributed by atoms with E-state index in [9.17, 15) is 9.59 Å². The van der Waals surface area contributed by atoms with Crippen LogP contribution in [0.5, 0.6) is 0 Å². The second kappa shape index (κ2) is 9.05. The molecule has 3 rings (SSSR count). The van der Waals surface area contributed by atoms with Gasteiger partial charge in [0.15, 0.2) is 5.13 Å². The number of carbonyl (C=O) groups is 2. The van der Waals surface area contributed by atoms with Crippen LogP contribution in [0.2, 0.25) is 0 Å². The maximum absolute atomic E-state index is 12.5. The Balaban J connectivity index is 1.50. The monoisotopic (exact) mass is 391 g/mol. The molecule has 8 heteroatoms. The third-order valence-corrected chi connectivity index (χ3v) is 5.91. The first-order chi connectivity index (χ1) is 12.7. The summed E-state index contributed by atoms with van der Waals surface area (Å²) < 4.78 is 4.87. The quantitative estimate of drug-likeness (QED) is 0.759. The largest absolute Gasteiger partial charge is 0.450 e. The summed E-state index contributed by atoms with van der Waals surface area (Å²) in [5.74, 6) is 0.928. The molecule has 2 aromatic rings. The fraction of sp³-hybridized carbons (Fsp3) is 0.389. The number of nitrogens with zero attached hydrogens (tertiary/aromatic N) is 2. The van der Waals surface area contributed by atoms with Crippen LogP contribution >= 0.6 is 23.1 Å². The van der Waals surface area contributed by atoms with Crippen molar-refractivity contribution in [2.75, 3.05) is 24.2 Å². The summed E-state index contributed by atoms with van der Waals surface area (Å²) in [6.45, 7) is 3.31. The van der Waals surface area contributed by atoms with Crippen LogP contribution in [0.4, 0.5) is 9.93 Å². The van der Waals surface area contributed by atoms with E-state index in [4.69, 9.17) is 4.74 Å². The number of thioether (sulfide) groups is 1. The van der Waals surface area contributed by atoms with Gasteiger partial charge in [0.05, 0.1) is 18.8 Å². The number of rotatable bonds is 6. The van der Waals surface area contributed by atoms with Gasteiger partial charge in [-0.1, -0.05) is 29.5 Å². The number of hydrogen-bond acceptors (Lipinski definition) is 6. The number of benzene rings is 1. The molecule has 1 aromatic carbocycles. The molecule has 1 aliphatic heterocycles. The van der Waals surface area contributed by atoms with Crippen LogP contribution in [0.1, 0.15) is 23.9 Å². The van der Waals surface area contributed by atoms with Gasteiger partial charge in [-0.15, -0.1) is 11.8 Å². The van der Waals surface area contributed by atoms with Gasteiger partial charge in [-0.3, -0.25) is 10.1 Å². The summed E-state index contributed by atoms with van der Waals surface area (Å²) in [5.41, 5.74) is 0.963. The molecule has 2 amide bonds. The predicted molar refractivity (Wildman–Crippen MR) is 104 cm³/mol. The van der Waals surface area contributed by atoms with Crippen molar-refractivity contribution >= 4 is 40.2 Å². The molecular formula is C18H21N3O3S2. The molecule has 0 unspecified atom stereocenters. The zero-order valence-corrected chi connectivity index (χ0v) is 16.2. The number of amides is 2. The molecule has 2 heterocycles. The van der Waals surface area contributed by atoms with E-state index in [-0.39, 0.29) is 5.91 Å². The van der Waals surface area contributed by atoms with Gasteiger partial charge in [-0.2, -0.15) is 0 Å². The highest BCUT2D eigenvalue weighted by molar-refractivity contribution is 7.99. The highest BCUT2D eigenvalue weighted by Crippen LogP contribution is 2.29. The third-order valence-electron chi connectivity index (χ3n) is 3.90. The third kappa shape index (κ3) is 4.98. The van der Waals surface area contributed by atoms with Crippen LogP contribution in [0.15, 0.2) is 35.2 Å². The molecule has 6 nitrogen and oxygen atoms in total. The number of aromatic nitrogens is 1. The Kier molecular flexibility index (Phi) is 6.51. The minimum absolute atomic E-state index is 0.160. The summed E-state index contributed by atoms with van der Waals surface area (Å²) in [6, 6.07) is 10.1. The van der Waals surface area contributed by atoms with Gasteiger partial charge in [0, 0.05) is 34.9 Å². The average Bonchev–Trinajstić information content (AvgIpc) is 3.03. The van der Waals surface area contributed by atoms with Crippen molar-refractivity contribution in [2.24, 2.45) is 0 Å². The Morgan fingerprint density at radius 1 is 1.35 bits per heavy atom. The molecule has 0 bridgehead atoms. The summed E-state index contributed by atoms with van der Waals surface area (Å²) in [4.78, 5) is 32.5. The van der Waals surface area contributed by atoms with Gasteiger partial charge in [0.2, 0.25) is 5.91 Å². The number of fused-ring (bicyclic) bond motifs is 1. The van der Waals surface area contributed by atoms with Gasteiger partial charge in [0.25, 0.3) is 0 Å². The second-order valence-corrected chi connectivity index (χ2v) is 7.96. The number of anilines is 1. The fourth-order valence-corrected chi connectivity index (χ4v) is 4.52. The van der Waals surface area contributed by atoms with Crippen molar-refractivity contribution < 1.29 is 14.3 Å². The maximum Gasteiger partial charge on any atom is 0.413 e. The van der Waals surface area contributed by atoms with E-state index in [0.717, 1.165) is 16.3 Å². The van der Waals surface area contributed by atoms with E-state index in [1.54, 1.807) is 18.7 Å². The molecule has 0 saturated heterocycles. The highest BCUT2D eigenvalue weighted by Gasteiger charge is 2.24. The topological polar surface area (TPSA) is 71.5 Å². The Labute approximate surface area is 160 Å². The van der Waals surface area contributed by atoms with Gasteiger partial charge in [-0.25, -0.2) is 9.78 Å². The van der Waals surface area contributed by atoms with E-state index < -0.39 is 6.09 Å². The molecule has 0 spiro atoms. The van der Waals surface area contributed by atoms with Gasteiger partial charge < -0.3 is 9.64 Å². The van der Waals surface area contributed by atoms with Crippen molar-refractivity contribution in [3.8, 4) is 0 Å². The maximum atomic E-state index is 12.5. The molecule has 0 radical (unpaired) electrons. The first kappa shape index (κ1) is 18.7. The lowest BCUT2D eigenvalue weighted by molar-refractivity contribution is -0.131. The van der Waals surface area contributed by atoms with Crippen molar-refractivity contribution in [1.82, 2.24) is 9.88 Å². The van der Waals surface area contributed by atoms with Crippen LogP contribution < -0.4 is 5.32 Å². The van der Waals surface area contributed by atoms with Crippen LogP contribution in [-0.4, -0.2) is 40.8 Å². The van der Waals surface area contributed by atoms with Gasteiger partial charge >= 0.3 is 6.09 Å². The first-order valence-corrected chi connectivity index (χ1v) is 10.3. The average molecular weight is 392 g/mol. The molecule has 0 saturated carbocycles. The summed E-state index contributed by atoms with van der Waals surface area (Å²) in [7, 11) is 0. The Morgan fingerprint density at radius 3 is 2.92 bits per heavy atom. The van der Waals surface area contributed by atoms with Crippen LogP contribution in [0.25, 0.3) is 0 Å². The number of nitrogens with one attached hydrogen (secondary N) is 1. The van der Waals surface area contributed by atoms with Crippen molar-refractivity contribution in [1.29, 1.82) is 0 Å². The lowest BCUT2D eigenvalue weighted by Gasteiger charge is -2.26. The van der Waals surface area contributed by atoms with Crippen molar-refractivity contribution in [3.05, 3.63) is 40.9 Å². The second-order valence-electron chi connectivity index (χ2n) is 5.71.